The van der Waals surface area contributed by atoms with E-state index in [0.717, 1.165) is 10.0 Å². The normalized spacial score (nSPS) is 35.7. The van der Waals surface area contributed by atoms with Gasteiger partial charge in [-0.15, -0.1) is 0 Å². The fourth-order valence-corrected chi connectivity index (χ4v) is 7.89. The standard InChI is InChI=1S/C29H26BrClF2N2O4/c1-38-25-23-20(13-21(31)34-25)39-29(17-7-9-18(30)10-8-17)22(16-5-3-2-4-6-16)19(24(36)28(23,29)37)14-35-12-11-26(35)15-27(26,32)33/h2-10,13,19,22,24,36-37H,11-12,14-15H2,1H3. The maximum Gasteiger partial charge on any atom is 0.268 e. The summed E-state index contributed by atoms with van der Waals surface area (Å²) < 4.78 is 42.1. The molecule has 2 saturated carbocycles. The van der Waals surface area contributed by atoms with E-state index in [2.05, 4.69) is 20.9 Å². The lowest BCUT2D eigenvalue weighted by molar-refractivity contribution is -0.153. The van der Waals surface area contributed by atoms with Crippen molar-refractivity contribution < 1.29 is 28.5 Å². The molecular formula is C29H26BrClF2N2O4. The van der Waals surface area contributed by atoms with Crippen molar-refractivity contribution in [1.29, 1.82) is 0 Å². The molecule has 1 aromatic heterocycles. The summed E-state index contributed by atoms with van der Waals surface area (Å²) in [5.41, 5.74) is -3.11. The van der Waals surface area contributed by atoms with Gasteiger partial charge in [0.05, 0.1) is 24.3 Å². The molecule has 2 aliphatic carbocycles. The van der Waals surface area contributed by atoms with E-state index in [4.69, 9.17) is 21.1 Å². The maximum absolute atomic E-state index is 14.5. The number of methoxy groups -OCH3 is 1. The molecule has 3 heterocycles. The van der Waals surface area contributed by atoms with Crippen LogP contribution in [0.4, 0.5) is 8.78 Å². The van der Waals surface area contributed by atoms with Gasteiger partial charge in [0.1, 0.15) is 10.9 Å². The van der Waals surface area contributed by atoms with Crippen molar-refractivity contribution in [2.75, 3.05) is 20.2 Å². The summed E-state index contributed by atoms with van der Waals surface area (Å²) in [5, 5.41) is 25.2. The summed E-state index contributed by atoms with van der Waals surface area (Å²) in [4.78, 5) is 6.05. The first-order chi connectivity index (χ1) is 18.6. The molecule has 2 aromatic carbocycles. The van der Waals surface area contributed by atoms with Crippen molar-refractivity contribution >= 4 is 27.5 Å². The zero-order valence-electron chi connectivity index (χ0n) is 21.0. The Hall–Kier alpha value is -2.30. The van der Waals surface area contributed by atoms with Crippen LogP contribution in [0, 0.1) is 5.92 Å². The van der Waals surface area contributed by atoms with Crippen molar-refractivity contribution in [3.05, 3.63) is 87.0 Å². The second-order valence-corrected chi connectivity index (χ2v) is 12.3. The summed E-state index contributed by atoms with van der Waals surface area (Å²) in [6.07, 6.45) is -1.18. The van der Waals surface area contributed by atoms with Crippen molar-refractivity contribution in [3.8, 4) is 11.6 Å². The average molecular weight is 620 g/mol. The van der Waals surface area contributed by atoms with E-state index in [-0.39, 0.29) is 35.3 Å². The first kappa shape index (κ1) is 25.7. The number of rotatable bonds is 5. The molecule has 1 saturated heterocycles. The number of fused-ring (bicyclic) bond motifs is 3. The molecular weight excluding hydrogens is 594 g/mol. The lowest BCUT2D eigenvalue weighted by atomic mass is 9.70. The Kier molecular flexibility index (Phi) is 5.50. The minimum atomic E-state index is -2.75. The number of ether oxygens (including phenoxy) is 2. The Bertz CT molecular complexity index is 1460. The Morgan fingerprint density at radius 2 is 1.87 bits per heavy atom. The van der Waals surface area contributed by atoms with Gasteiger partial charge in [-0.3, -0.25) is 4.90 Å². The highest BCUT2D eigenvalue weighted by Crippen LogP contribution is 2.71. The van der Waals surface area contributed by atoms with Crippen LogP contribution in [-0.4, -0.2) is 57.9 Å². The first-order valence-electron chi connectivity index (χ1n) is 12.9. The van der Waals surface area contributed by atoms with E-state index < -0.39 is 40.6 Å². The summed E-state index contributed by atoms with van der Waals surface area (Å²) in [7, 11) is 1.41. The van der Waals surface area contributed by atoms with Crippen molar-refractivity contribution in [2.45, 2.75) is 47.5 Å². The number of halogens is 4. The van der Waals surface area contributed by atoms with Crippen LogP contribution in [0.5, 0.6) is 11.6 Å². The van der Waals surface area contributed by atoms with Crippen LogP contribution in [0.25, 0.3) is 0 Å². The lowest BCUT2D eigenvalue weighted by Gasteiger charge is -2.45. The number of likely N-dealkylation sites (tertiary alicyclic amines) is 1. The van der Waals surface area contributed by atoms with Gasteiger partial charge in [0, 0.05) is 41.9 Å². The van der Waals surface area contributed by atoms with E-state index in [0.29, 0.717) is 18.5 Å². The predicted octanol–water partition coefficient (Wildman–Crippen LogP) is 5.24. The van der Waals surface area contributed by atoms with Crippen LogP contribution in [0.3, 0.4) is 0 Å². The molecule has 6 nitrogen and oxygen atoms in total. The monoisotopic (exact) mass is 618 g/mol. The second kappa shape index (κ2) is 8.36. The molecule has 3 aromatic rings. The van der Waals surface area contributed by atoms with Gasteiger partial charge in [-0.05, 0) is 29.7 Å². The number of pyridine rings is 1. The number of benzene rings is 2. The molecule has 204 valence electrons. The summed E-state index contributed by atoms with van der Waals surface area (Å²) in [5.74, 6) is -3.74. The maximum atomic E-state index is 14.5. The van der Waals surface area contributed by atoms with Gasteiger partial charge in [0.25, 0.3) is 5.92 Å². The van der Waals surface area contributed by atoms with E-state index in [1.165, 1.54) is 13.2 Å². The topological polar surface area (TPSA) is 75.0 Å². The van der Waals surface area contributed by atoms with Crippen LogP contribution in [0.1, 0.15) is 35.4 Å². The van der Waals surface area contributed by atoms with Crippen LogP contribution in [0.15, 0.2) is 65.1 Å². The number of aliphatic hydroxyl groups excluding tert-OH is 1. The van der Waals surface area contributed by atoms with Gasteiger partial charge in [-0.25, -0.2) is 13.8 Å². The smallest absolute Gasteiger partial charge is 0.268 e. The van der Waals surface area contributed by atoms with Crippen molar-refractivity contribution in [2.24, 2.45) is 5.92 Å². The molecule has 3 fully saturated rings. The van der Waals surface area contributed by atoms with Gasteiger partial charge in [-0.1, -0.05) is 70.0 Å². The molecule has 0 bridgehead atoms. The average Bonchev–Trinajstić information content (AvgIpc) is 3.37. The van der Waals surface area contributed by atoms with Gasteiger partial charge >= 0.3 is 0 Å². The predicted molar refractivity (Wildman–Crippen MR) is 143 cm³/mol. The number of nitrogens with zero attached hydrogens (tertiary/aromatic N) is 2. The highest BCUT2D eigenvalue weighted by atomic mass is 79.9. The number of hydrogen-bond donors (Lipinski definition) is 2. The molecule has 2 aliphatic heterocycles. The molecule has 10 heteroatoms. The van der Waals surface area contributed by atoms with Crippen LogP contribution in [-0.2, 0) is 11.2 Å². The summed E-state index contributed by atoms with van der Waals surface area (Å²) >= 11 is 9.79. The molecule has 0 amide bonds. The summed E-state index contributed by atoms with van der Waals surface area (Å²) in [6, 6.07) is 18.4. The largest absolute Gasteiger partial charge is 0.481 e. The van der Waals surface area contributed by atoms with Crippen molar-refractivity contribution in [1.82, 2.24) is 9.88 Å². The Morgan fingerprint density at radius 1 is 1.18 bits per heavy atom. The SMILES string of the molecule is COc1nc(Cl)cc2c1C1(O)C(O)C(CN3CCC34CC4(F)F)C(c3ccccc3)C1(c1ccc(Br)cc1)O2. The zero-order chi connectivity index (χ0) is 27.4. The van der Waals surface area contributed by atoms with E-state index in [9.17, 15) is 19.0 Å². The third-order valence-electron chi connectivity index (χ3n) is 9.36. The van der Waals surface area contributed by atoms with Crippen LogP contribution >= 0.6 is 27.5 Å². The van der Waals surface area contributed by atoms with E-state index in [1.807, 2.05) is 54.6 Å². The number of hydrogen-bond acceptors (Lipinski definition) is 6. The Morgan fingerprint density at radius 3 is 2.46 bits per heavy atom. The molecule has 1 spiro atoms. The summed E-state index contributed by atoms with van der Waals surface area (Å²) in [6.45, 7) is 0.668. The Labute approximate surface area is 237 Å². The Balaban J connectivity index is 1.47. The molecule has 7 rings (SSSR count). The fourth-order valence-electron chi connectivity index (χ4n) is 7.45. The number of alkyl halides is 2. The third kappa shape index (κ3) is 3.19. The number of aromatic nitrogens is 1. The van der Waals surface area contributed by atoms with E-state index in [1.54, 1.807) is 4.90 Å². The molecule has 0 radical (unpaired) electrons. The quantitative estimate of drug-likeness (QED) is 0.381. The number of aliphatic hydroxyl groups is 2. The molecule has 6 atom stereocenters. The lowest BCUT2D eigenvalue weighted by Crippen LogP contribution is -2.56. The van der Waals surface area contributed by atoms with Gasteiger partial charge < -0.3 is 19.7 Å². The fraction of sp³-hybridized carbons (Fsp3) is 0.414. The minimum absolute atomic E-state index is 0.0413. The molecule has 2 N–H and O–H groups in total. The van der Waals surface area contributed by atoms with Crippen LogP contribution in [0.2, 0.25) is 5.15 Å². The second-order valence-electron chi connectivity index (χ2n) is 11.0. The highest BCUT2D eigenvalue weighted by Gasteiger charge is 2.80. The van der Waals surface area contributed by atoms with Crippen LogP contribution < -0.4 is 9.47 Å². The minimum Gasteiger partial charge on any atom is -0.481 e. The van der Waals surface area contributed by atoms with Gasteiger partial charge in [0.15, 0.2) is 11.2 Å². The molecule has 6 unspecified atom stereocenters. The van der Waals surface area contributed by atoms with Gasteiger partial charge in [-0.2, -0.15) is 0 Å². The third-order valence-corrected chi connectivity index (χ3v) is 10.1. The molecule has 39 heavy (non-hydrogen) atoms. The van der Waals surface area contributed by atoms with Gasteiger partial charge in [0.2, 0.25) is 5.88 Å². The first-order valence-corrected chi connectivity index (χ1v) is 14.0. The highest BCUT2D eigenvalue weighted by molar-refractivity contribution is 9.10. The van der Waals surface area contributed by atoms with Crippen molar-refractivity contribution in [3.63, 3.8) is 0 Å². The molecule has 4 aliphatic rings. The van der Waals surface area contributed by atoms with E-state index >= 15 is 0 Å². The zero-order valence-corrected chi connectivity index (χ0v) is 23.3.